The van der Waals surface area contributed by atoms with Crippen LogP contribution < -0.4 is 20.9 Å². The van der Waals surface area contributed by atoms with E-state index in [1.807, 2.05) is 5.43 Å². The number of alkyl halides is 6. The summed E-state index contributed by atoms with van der Waals surface area (Å²) in [5.41, 5.74) is 7.46. The van der Waals surface area contributed by atoms with Gasteiger partial charge in [0.15, 0.2) is 0 Å². The molecule has 1 aliphatic rings. The molecule has 21 heavy (non-hydrogen) atoms. The molecule has 10 heteroatoms. The van der Waals surface area contributed by atoms with Crippen LogP contribution in [0, 0.1) is 0 Å². The Morgan fingerprint density at radius 1 is 1.14 bits per heavy atom. The van der Waals surface area contributed by atoms with Gasteiger partial charge in [0.1, 0.15) is 17.6 Å². The molecule has 0 aliphatic carbocycles. The number of anilines is 1. The lowest BCUT2D eigenvalue weighted by Gasteiger charge is -2.23. The number of nitrogens with two attached hydrogens (primary N) is 1. The third-order valence-electron chi connectivity index (χ3n) is 2.53. The van der Waals surface area contributed by atoms with Crippen molar-refractivity contribution < 1.29 is 31.1 Å². The summed E-state index contributed by atoms with van der Waals surface area (Å²) in [6.45, 7) is 0. The summed E-state index contributed by atoms with van der Waals surface area (Å²) in [6, 6.07) is 2.42. The minimum atomic E-state index is -4.90. The van der Waals surface area contributed by atoms with E-state index in [1.54, 1.807) is 0 Å². The summed E-state index contributed by atoms with van der Waals surface area (Å²) < 4.78 is 77.7. The van der Waals surface area contributed by atoms with Crippen LogP contribution in [0.15, 0.2) is 36.2 Å². The van der Waals surface area contributed by atoms with Gasteiger partial charge in [-0.2, -0.15) is 13.2 Å². The molecule has 0 saturated carbocycles. The van der Waals surface area contributed by atoms with Crippen LogP contribution in [0.1, 0.15) is 0 Å². The number of benzene rings is 1. The second-order valence-corrected chi connectivity index (χ2v) is 4.12. The monoisotopic (exact) mass is 313 g/mol. The van der Waals surface area contributed by atoms with Gasteiger partial charge in [-0.15, -0.1) is 13.2 Å². The van der Waals surface area contributed by atoms with Gasteiger partial charge < -0.3 is 10.5 Å². The highest BCUT2D eigenvalue weighted by molar-refractivity contribution is 5.55. The van der Waals surface area contributed by atoms with Crippen LogP contribution in [0.2, 0.25) is 0 Å². The zero-order valence-corrected chi connectivity index (χ0v) is 10.2. The first kappa shape index (κ1) is 15.3. The van der Waals surface area contributed by atoms with E-state index >= 15 is 0 Å². The lowest BCUT2D eigenvalue weighted by Crippen LogP contribution is -2.45. The van der Waals surface area contributed by atoms with Crippen LogP contribution in [-0.4, -0.2) is 18.6 Å². The Bertz CT molecular complexity index is 554. The fourth-order valence-corrected chi connectivity index (χ4v) is 1.71. The number of hydrazine groups is 1. The van der Waals surface area contributed by atoms with Gasteiger partial charge in [-0.1, -0.05) is 6.07 Å². The maximum Gasteiger partial charge on any atom is 0.573 e. The lowest BCUT2D eigenvalue weighted by molar-refractivity contribution is -0.274. The molecule has 1 heterocycles. The first-order chi connectivity index (χ1) is 9.56. The number of rotatable bonds is 2. The van der Waals surface area contributed by atoms with Crippen molar-refractivity contribution in [2.24, 2.45) is 5.73 Å². The zero-order valence-electron chi connectivity index (χ0n) is 10.2. The molecule has 1 aromatic rings. The van der Waals surface area contributed by atoms with Crippen LogP contribution in [0.25, 0.3) is 0 Å². The summed E-state index contributed by atoms with van der Waals surface area (Å²) in [5.74, 6) is -0.841. The second-order valence-electron chi connectivity index (χ2n) is 4.12. The van der Waals surface area contributed by atoms with Gasteiger partial charge in [0.05, 0.1) is 5.69 Å². The first-order valence-electron chi connectivity index (χ1n) is 5.52. The summed E-state index contributed by atoms with van der Waals surface area (Å²) in [7, 11) is 0. The maximum absolute atomic E-state index is 12.6. The highest BCUT2D eigenvalue weighted by Crippen LogP contribution is 2.31. The molecule has 1 unspecified atom stereocenters. The third kappa shape index (κ3) is 3.72. The third-order valence-corrected chi connectivity index (χ3v) is 2.53. The largest absolute Gasteiger partial charge is 0.573 e. The number of hydrogen-bond donors (Lipinski definition) is 2. The van der Waals surface area contributed by atoms with Gasteiger partial charge >= 0.3 is 12.5 Å². The van der Waals surface area contributed by atoms with Crippen LogP contribution in [0.4, 0.5) is 32.0 Å². The highest BCUT2D eigenvalue weighted by Gasteiger charge is 2.43. The molecular formula is C11H9F6N3O. The van der Waals surface area contributed by atoms with Crippen LogP contribution in [-0.2, 0) is 0 Å². The van der Waals surface area contributed by atoms with Gasteiger partial charge in [0.25, 0.3) is 0 Å². The molecule has 4 nitrogen and oxygen atoms in total. The van der Waals surface area contributed by atoms with E-state index in [-0.39, 0.29) is 11.5 Å². The van der Waals surface area contributed by atoms with Crippen molar-refractivity contribution in [3.8, 4) is 5.75 Å². The van der Waals surface area contributed by atoms with Gasteiger partial charge in [-0.3, -0.25) is 5.01 Å². The van der Waals surface area contributed by atoms with E-state index in [9.17, 15) is 26.3 Å². The number of nitrogens with one attached hydrogen (secondary N) is 1. The summed E-state index contributed by atoms with van der Waals surface area (Å²) in [6.07, 6.45) is -8.75. The molecule has 1 aliphatic heterocycles. The van der Waals surface area contributed by atoms with Crippen LogP contribution >= 0.6 is 0 Å². The van der Waals surface area contributed by atoms with Crippen molar-refractivity contribution in [3.05, 3.63) is 36.2 Å². The Kier molecular flexibility index (Phi) is 3.66. The Morgan fingerprint density at radius 3 is 2.33 bits per heavy atom. The van der Waals surface area contributed by atoms with E-state index in [1.165, 1.54) is 12.1 Å². The van der Waals surface area contributed by atoms with Gasteiger partial charge in [0.2, 0.25) is 0 Å². The Hall–Kier alpha value is -2.10. The molecular weight excluding hydrogens is 304 g/mol. The Morgan fingerprint density at radius 2 is 1.81 bits per heavy atom. The van der Waals surface area contributed by atoms with Crippen molar-refractivity contribution in [1.29, 1.82) is 0 Å². The van der Waals surface area contributed by atoms with Crippen LogP contribution in [0.5, 0.6) is 5.75 Å². The summed E-state index contributed by atoms with van der Waals surface area (Å²) in [5, 5.41) is 0.835. The topological polar surface area (TPSA) is 50.5 Å². The fraction of sp³-hybridized carbons (Fsp3) is 0.273. The van der Waals surface area contributed by atoms with Crippen molar-refractivity contribution >= 4 is 5.69 Å². The van der Waals surface area contributed by atoms with E-state index < -0.39 is 24.3 Å². The quantitative estimate of drug-likeness (QED) is 0.824. The van der Waals surface area contributed by atoms with Crippen molar-refractivity contribution in [2.75, 3.05) is 5.01 Å². The van der Waals surface area contributed by atoms with E-state index in [0.717, 1.165) is 23.2 Å². The highest BCUT2D eigenvalue weighted by atomic mass is 19.4. The molecule has 1 atom stereocenters. The van der Waals surface area contributed by atoms with Gasteiger partial charge in [-0.05, 0) is 18.2 Å². The Balaban J connectivity index is 2.20. The predicted octanol–water partition coefficient (Wildman–Crippen LogP) is 2.64. The molecule has 0 bridgehead atoms. The SMILES string of the molecule is NC1=CC(C(F)(F)F)NN1c1cccc(OC(F)(F)F)c1. The van der Waals surface area contributed by atoms with Crippen molar-refractivity contribution in [1.82, 2.24) is 5.43 Å². The fourth-order valence-electron chi connectivity index (χ4n) is 1.71. The molecule has 0 amide bonds. The normalized spacial score (nSPS) is 19.6. The molecule has 1 aromatic carbocycles. The standard InChI is InChI=1S/C11H9F6N3O/c12-10(13,14)8-5-9(18)20(19-8)6-2-1-3-7(4-6)21-11(15,16)17/h1-5,8,19H,18H2. The van der Waals surface area contributed by atoms with E-state index in [2.05, 4.69) is 4.74 Å². The van der Waals surface area contributed by atoms with Crippen molar-refractivity contribution in [2.45, 2.75) is 18.6 Å². The molecule has 0 spiro atoms. The summed E-state index contributed by atoms with van der Waals surface area (Å²) in [4.78, 5) is 0. The number of ether oxygens (including phenoxy) is 1. The lowest BCUT2D eigenvalue weighted by atomic mass is 10.3. The van der Waals surface area contributed by atoms with E-state index in [4.69, 9.17) is 5.73 Å². The smallest absolute Gasteiger partial charge is 0.406 e. The van der Waals surface area contributed by atoms with Crippen LogP contribution in [0.3, 0.4) is 0 Å². The molecule has 0 fully saturated rings. The van der Waals surface area contributed by atoms with Crippen molar-refractivity contribution in [3.63, 3.8) is 0 Å². The summed E-state index contributed by atoms with van der Waals surface area (Å²) >= 11 is 0. The molecule has 0 radical (unpaired) electrons. The van der Waals surface area contributed by atoms with Gasteiger partial charge in [-0.25, -0.2) is 5.43 Å². The number of hydrogen-bond acceptors (Lipinski definition) is 4. The first-order valence-corrected chi connectivity index (χ1v) is 5.52. The molecule has 3 N–H and O–H groups in total. The maximum atomic E-state index is 12.6. The number of nitrogens with zero attached hydrogens (tertiary/aromatic N) is 1. The minimum Gasteiger partial charge on any atom is -0.406 e. The Labute approximate surface area is 114 Å². The molecule has 116 valence electrons. The molecule has 2 rings (SSSR count). The average Bonchev–Trinajstić information content (AvgIpc) is 2.69. The minimum absolute atomic E-state index is 0.0164. The van der Waals surface area contributed by atoms with Gasteiger partial charge in [0, 0.05) is 6.07 Å². The average molecular weight is 313 g/mol. The second kappa shape index (κ2) is 5.02. The number of halogens is 6. The predicted molar refractivity (Wildman–Crippen MR) is 60.9 cm³/mol. The zero-order chi connectivity index (χ0) is 15.8. The molecule has 0 aromatic heterocycles. The molecule has 0 saturated heterocycles. The van der Waals surface area contributed by atoms with E-state index in [0.29, 0.717) is 0 Å².